The minimum absolute atomic E-state index is 0.0300. The minimum atomic E-state index is -6.48. The van der Waals surface area contributed by atoms with Gasteiger partial charge in [-0.05, 0) is 6.42 Å². The Kier molecular flexibility index (Phi) is 15.0. The first-order valence-electron chi connectivity index (χ1n) is 11.2. The normalized spacial score (nSPS) is 13.0. The molecule has 0 aromatic carbocycles. The summed E-state index contributed by atoms with van der Waals surface area (Å²) in [4.78, 5) is 22.7. The maximum Gasteiger partial charge on any atom is 0.381 e. The SMILES string of the molecule is CCCCCCCCCCCCCOC(=O)/C=C/C(=O)OCC(F)(F)C(F)(F)C(F)(F)C(F)F. The van der Waals surface area contributed by atoms with Crippen molar-refractivity contribution in [1.82, 2.24) is 0 Å². The molecule has 200 valence electrons. The van der Waals surface area contributed by atoms with Gasteiger partial charge < -0.3 is 9.47 Å². The Labute approximate surface area is 194 Å². The second-order valence-corrected chi connectivity index (χ2v) is 7.85. The number of alkyl halides is 8. The van der Waals surface area contributed by atoms with Gasteiger partial charge in [-0.1, -0.05) is 71.1 Å². The van der Waals surface area contributed by atoms with Gasteiger partial charge in [0.25, 0.3) is 0 Å². The minimum Gasteiger partial charge on any atom is -0.463 e. The van der Waals surface area contributed by atoms with Gasteiger partial charge in [0.05, 0.1) is 6.61 Å². The van der Waals surface area contributed by atoms with Gasteiger partial charge in [0.2, 0.25) is 0 Å². The number of carbonyl (C=O) groups excluding carboxylic acids is 2. The number of unbranched alkanes of at least 4 members (excludes halogenated alkanes) is 10. The van der Waals surface area contributed by atoms with Crippen molar-refractivity contribution in [2.45, 2.75) is 102 Å². The molecule has 0 saturated heterocycles. The molecular weight excluding hydrogens is 480 g/mol. The molecular formula is C22H32F8O4. The first-order valence-corrected chi connectivity index (χ1v) is 11.2. The van der Waals surface area contributed by atoms with Crippen LogP contribution in [0.4, 0.5) is 35.1 Å². The lowest BCUT2D eigenvalue weighted by Crippen LogP contribution is -2.59. The van der Waals surface area contributed by atoms with E-state index in [1.165, 1.54) is 38.5 Å². The Balaban J connectivity index is 4.08. The molecule has 0 aromatic rings. The number of esters is 2. The molecule has 4 nitrogen and oxygen atoms in total. The Hall–Kier alpha value is -1.88. The molecule has 0 atom stereocenters. The third-order valence-corrected chi connectivity index (χ3v) is 4.90. The lowest BCUT2D eigenvalue weighted by Gasteiger charge is -2.31. The Morgan fingerprint density at radius 3 is 1.56 bits per heavy atom. The van der Waals surface area contributed by atoms with E-state index in [1.807, 2.05) is 0 Å². The summed E-state index contributed by atoms with van der Waals surface area (Å²) in [5.74, 6) is -21.4. The Bertz CT molecular complexity index is 624. The molecule has 0 unspecified atom stereocenters. The largest absolute Gasteiger partial charge is 0.463 e. The number of hydrogen-bond donors (Lipinski definition) is 0. The molecule has 0 rings (SSSR count). The Morgan fingerprint density at radius 2 is 1.12 bits per heavy atom. The molecule has 0 heterocycles. The first kappa shape index (κ1) is 32.1. The molecule has 34 heavy (non-hydrogen) atoms. The predicted octanol–water partition coefficient (Wildman–Crippen LogP) is 7.11. The summed E-state index contributed by atoms with van der Waals surface area (Å²) in [5, 5.41) is 0. The molecule has 0 aliphatic rings. The zero-order valence-electron chi connectivity index (χ0n) is 19.1. The van der Waals surface area contributed by atoms with Crippen LogP contribution >= 0.6 is 0 Å². The molecule has 0 amide bonds. The van der Waals surface area contributed by atoms with Crippen molar-refractivity contribution in [2.24, 2.45) is 0 Å². The third kappa shape index (κ3) is 11.5. The average molecular weight is 512 g/mol. The highest BCUT2D eigenvalue weighted by Gasteiger charge is 2.75. The third-order valence-electron chi connectivity index (χ3n) is 4.90. The van der Waals surface area contributed by atoms with Crippen LogP contribution in [0.2, 0.25) is 0 Å². The van der Waals surface area contributed by atoms with Crippen molar-refractivity contribution in [2.75, 3.05) is 13.2 Å². The van der Waals surface area contributed by atoms with Gasteiger partial charge >= 0.3 is 36.1 Å². The highest BCUT2D eigenvalue weighted by molar-refractivity contribution is 5.91. The van der Waals surface area contributed by atoms with Crippen LogP contribution in [0.1, 0.15) is 77.6 Å². The molecule has 0 bridgehead atoms. The maximum absolute atomic E-state index is 13.3. The van der Waals surface area contributed by atoms with Gasteiger partial charge in [-0.3, -0.25) is 0 Å². The summed E-state index contributed by atoms with van der Waals surface area (Å²) in [6.07, 6.45) is 7.54. The van der Waals surface area contributed by atoms with Crippen molar-refractivity contribution >= 4 is 11.9 Å². The predicted molar refractivity (Wildman–Crippen MR) is 108 cm³/mol. The van der Waals surface area contributed by atoms with Crippen LogP contribution in [0.5, 0.6) is 0 Å². The van der Waals surface area contributed by atoms with Crippen LogP contribution in [-0.4, -0.2) is 49.3 Å². The highest BCUT2D eigenvalue weighted by atomic mass is 19.4. The molecule has 0 spiro atoms. The zero-order chi connectivity index (χ0) is 26.3. The van der Waals surface area contributed by atoms with E-state index in [9.17, 15) is 44.7 Å². The van der Waals surface area contributed by atoms with Crippen LogP contribution in [0.15, 0.2) is 12.2 Å². The lowest BCUT2D eigenvalue weighted by molar-refractivity contribution is -0.344. The van der Waals surface area contributed by atoms with Gasteiger partial charge in [0, 0.05) is 12.2 Å². The summed E-state index contributed by atoms with van der Waals surface area (Å²) in [5.41, 5.74) is 0. The van der Waals surface area contributed by atoms with Crippen LogP contribution < -0.4 is 0 Å². The van der Waals surface area contributed by atoms with Crippen LogP contribution in [0.3, 0.4) is 0 Å². The fourth-order valence-corrected chi connectivity index (χ4v) is 2.80. The summed E-state index contributed by atoms with van der Waals surface area (Å²) in [7, 11) is 0. The quantitative estimate of drug-likeness (QED) is 0.0801. The van der Waals surface area contributed by atoms with E-state index >= 15 is 0 Å². The molecule has 0 fully saturated rings. The second-order valence-electron chi connectivity index (χ2n) is 7.85. The van der Waals surface area contributed by atoms with Gasteiger partial charge in [0.1, 0.15) is 0 Å². The highest BCUT2D eigenvalue weighted by Crippen LogP contribution is 2.48. The smallest absolute Gasteiger partial charge is 0.381 e. The molecule has 0 aliphatic heterocycles. The summed E-state index contributed by atoms with van der Waals surface area (Å²) in [6, 6.07) is 0. The van der Waals surface area contributed by atoms with Gasteiger partial charge in [-0.15, -0.1) is 0 Å². The van der Waals surface area contributed by atoms with E-state index in [4.69, 9.17) is 4.74 Å². The van der Waals surface area contributed by atoms with Gasteiger partial charge in [-0.2, -0.15) is 26.3 Å². The van der Waals surface area contributed by atoms with Crippen molar-refractivity contribution in [3.8, 4) is 0 Å². The van der Waals surface area contributed by atoms with E-state index in [0.717, 1.165) is 25.7 Å². The van der Waals surface area contributed by atoms with E-state index in [-0.39, 0.29) is 12.7 Å². The summed E-state index contributed by atoms with van der Waals surface area (Å²) in [6.45, 7) is -0.406. The first-order chi connectivity index (χ1) is 15.8. The van der Waals surface area contributed by atoms with Crippen LogP contribution in [-0.2, 0) is 19.1 Å². The topological polar surface area (TPSA) is 52.6 Å². The monoisotopic (exact) mass is 512 g/mol. The molecule has 0 radical (unpaired) electrons. The Morgan fingerprint density at radius 1 is 0.706 bits per heavy atom. The van der Waals surface area contributed by atoms with Gasteiger partial charge in [-0.25, -0.2) is 18.4 Å². The number of carbonyl (C=O) groups is 2. The van der Waals surface area contributed by atoms with E-state index in [2.05, 4.69) is 11.7 Å². The zero-order valence-corrected chi connectivity index (χ0v) is 19.1. The van der Waals surface area contributed by atoms with Gasteiger partial charge in [0.15, 0.2) is 6.61 Å². The van der Waals surface area contributed by atoms with Crippen molar-refractivity contribution in [3.63, 3.8) is 0 Å². The van der Waals surface area contributed by atoms with E-state index in [0.29, 0.717) is 12.5 Å². The van der Waals surface area contributed by atoms with Crippen molar-refractivity contribution in [3.05, 3.63) is 12.2 Å². The van der Waals surface area contributed by atoms with Crippen molar-refractivity contribution in [1.29, 1.82) is 0 Å². The van der Waals surface area contributed by atoms with E-state index < -0.39 is 42.7 Å². The molecule has 0 N–H and O–H groups in total. The molecule has 12 heteroatoms. The molecule has 0 aromatic heterocycles. The summed E-state index contributed by atoms with van der Waals surface area (Å²) >= 11 is 0. The van der Waals surface area contributed by atoms with Crippen LogP contribution in [0.25, 0.3) is 0 Å². The fraction of sp³-hybridized carbons (Fsp3) is 0.818. The number of hydrogen-bond acceptors (Lipinski definition) is 4. The standard InChI is InChI=1S/C22H32F8O4/c1-2-3-4-5-6-7-8-9-10-11-12-15-33-17(31)13-14-18(32)34-16-20(25,26)22(29,30)21(27,28)19(23)24/h13-14,19H,2-12,15-16H2,1H3/b14-13+. The maximum atomic E-state index is 13.3. The molecule has 0 saturated carbocycles. The summed E-state index contributed by atoms with van der Waals surface area (Å²) < 4.78 is 111. The van der Waals surface area contributed by atoms with Crippen LogP contribution in [0, 0.1) is 0 Å². The van der Waals surface area contributed by atoms with E-state index in [1.54, 1.807) is 0 Å². The van der Waals surface area contributed by atoms with Crippen molar-refractivity contribution < 1.29 is 54.2 Å². The average Bonchev–Trinajstić information content (AvgIpc) is 2.76. The molecule has 0 aliphatic carbocycles. The number of halogens is 8. The number of ether oxygens (including phenoxy) is 2. The fourth-order valence-electron chi connectivity index (χ4n) is 2.80. The second kappa shape index (κ2) is 15.9. The lowest BCUT2D eigenvalue weighted by atomic mass is 10.1. The number of rotatable bonds is 19.